The molecule has 2 aliphatic heterocycles. The molecule has 2 saturated heterocycles. The summed E-state index contributed by atoms with van der Waals surface area (Å²) >= 11 is 0. The molecule has 2 fully saturated rings. The van der Waals surface area contributed by atoms with E-state index in [9.17, 15) is 74.3 Å². The molecule has 0 spiro atoms. The van der Waals surface area contributed by atoms with Gasteiger partial charge in [0.2, 0.25) is 5.78 Å². The lowest BCUT2D eigenvalue weighted by molar-refractivity contribution is -0.249. The van der Waals surface area contributed by atoms with Gasteiger partial charge in [-0.3, -0.25) is 14.4 Å². The zero-order valence-electron chi connectivity index (χ0n) is 32.8. The third kappa shape index (κ3) is 7.64. The third-order valence-corrected chi connectivity index (χ3v) is 11.7. The fraction of sp³-hybridized carbons (Fsp3) is 0.439. The lowest BCUT2D eigenvalue weighted by Gasteiger charge is -2.42. The lowest BCUT2D eigenvalue weighted by Crippen LogP contribution is -2.56. The minimum Gasteiger partial charge on any atom is -0.507 e. The summed E-state index contributed by atoms with van der Waals surface area (Å²) in [6.07, 6.45) is -18.1. The van der Waals surface area contributed by atoms with E-state index in [1.807, 2.05) is 0 Å². The predicted octanol–water partition coefficient (Wildman–Crippen LogP) is -0.285. The molecule has 0 bridgehead atoms. The standard InChI is InChI=1S/C41H42FNO19/c1-14-29(46)20(43-40(56)59-13-15-8-16(42)6-7-17(15)37-35(52)34(51)36(53)38(62-37)39(54)55)9-24(60-14)61-22-11-41(57,23(45)12-44)10-19-26(22)33(50)28-27(31(19)48)30(47)18-4-3-5-21(58-2)25(18)32(28)49/h3-8,14,20,22,24,29,34-38,44,46,48,50-53,57H,9-13H2,1-2H3,(H,43,56)(H,54,55)/t14-,20-,22-,24-,29+,34+,35+,36-,37-,38-,41-/m0/s1. The molecule has 2 heterocycles. The highest BCUT2D eigenvalue weighted by Crippen LogP contribution is 2.52. The quantitative estimate of drug-likeness (QED) is 0.0916. The maximum atomic E-state index is 14.4. The fourth-order valence-corrected chi connectivity index (χ4v) is 8.51. The zero-order chi connectivity index (χ0) is 45.1. The summed E-state index contributed by atoms with van der Waals surface area (Å²) in [7, 11) is 1.26. The number of hydrogen-bond acceptors (Lipinski definition) is 18. The number of methoxy groups -OCH3 is 1. The lowest BCUT2D eigenvalue weighted by atomic mass is 9.72. The number of alkyl carbamates (subject to hydrolysis) is 1. The van der Waals surface area contributed by atoms with Gasteiger partial charge in [0.15, 0.2) is 24.0 Å². The molecular weight excluding hydrogens is 829 g/mol. The van der Waals surface area contributed by atoms with Crippen LogP contribution < -0.4 is 10.1 Å². The maximum Gasteiger partial charge on any atom is 0.407 e. The Kier molecular flexibility index (Phi) is 12.1. The number of aromatic hydroxyl groups is 2. The van der Waals surface area contributed by atoms with Crippen LogP contribution in [0.4, 0.5) is 9.18 Å². The molecule has 332 valence electrons. The van der Waals surface area contributed by atoms with Crippen LogP contribution in [-0.4, -0.2) is 144 Å². The number of carboxylic acids is 1. The van der Waals surface area contributed by atoms with Gasteiger partial charge in [0.1, 0.15) is 72.4 Å². The number of carbonyl (C=O) groups is 5. The van der Waals surface area contributed by atoms with Crippen LogP contribution in [0.5, 0.6) is 17.2 Å². The summed E-state index contributed by atoms with van der Waals surface area (Å²) < 4.78 is 42.4. The summed E-state index contributed by atoms with van der Waals surface area (Å²) in [4.78, 5) is 65.6. The summed E-state index contributed by atoms with van der Waals surface area (Å²) in [5, 5.41) is 98.7. The van der Waals surface area contributed by atoms with E-state index in [1.165, 1.54) is 32.2 Å². The second-order valence-electron chi connectivity index (χ2n) is 15.5. The summed E-state index contributed by atoms with van der Waals surface area (Å²) in [6.45, 7) is -0.477. The Hall–Kier alpha value is -5.62. The summed E-state index contributed by atoms with van der Waals surface area (Å²) in [5.74, 6) is -7.02. The normalized spacial score (nSPS) is 30.4. The average Bonchev–Trinajstić information content (AvgIpc) is 3.23. The highest BCUT2D eigenvalue weighted by atomic mass is 19.1. The number of fused-ring (bicyclic) bond motifs is 3. The summed E-state index contributed by atoms with van der Waals surface area (Å²) in [5.41, 5.74) is -4.86. The van der Waals surface area contributed by atoms with Gasteiger partial charge in [-0.05, 0) is 36.2 Å². The molecule has 7 rings (SSSR count). The van der Waals surface area contributed by atoms with Crippen LogP contribution in [0, 0.1) is 5.82 Å². The van der Waals surface area contributed by atoms with Crippen molar-refractivity contribution in [1.29, 1.82) is 0 Å². The number of benzene rings is 3. The Labute approximate surface area is 349 Å². The minimum absolute atomic E-state index is 0.00177. The van der Waals surface area contributed by atoms with Gasteiger partial charge < -0.3 is 75.0 Å². The Morgan fingerprint density at radius 1 is 0.935 bits per heavy atom. The van der Waals surface area contributed by atoms with E-state index < -0.39 is 151 Å². The third-order valence-electron chi connectivity index (χ3n) is 11.7. The molecular formula is C41H42FNO19. The van der Waals surface area contributed by atoms with E-state index in [-0.39, 0.29) is 45.6 Å². The first-order valence-corrected chi connectivity index (χ1v) is 19.2. The Morgan fingerprint density at radius 3 is 2.32 bits per heavy atom. The number of carboxylic acid groups (broad SMARTS) is 1. The molecule has 11 atom stereocenters. The number of halogens is 1. The van der Waals surface area contributed by atoms with E-state index in [0.29, 0.717) is 0 Å². The van der Waals surface area contributed by atoms with Crippen LogP contribution in [0.25, 0.3) is 0 Å². The van der Waals surface area contributed by atoms with Gasteiger partial charge in [0.25, 0.3) is 0 Å². The molecule has 0 radical (unpaired) electrons. The van der Waals surface area contributed by atoms with Crippen molar-refractivity contribution in [2.75, 3.05) is 13.7 Å². The Balaban J connectivity index is 1.14. The van der Waals surface area contributed by atoms with Gasteiger partial charge in [-0.1, -0.05) is 18.2 Å². The smallest absolute Gasteiger partial charge is 0.407 e. The predicted molar refractivity (Wildman–Crippen MR) is 201 cm³/mol. The number of aliphatic hydroxyl groups excluding tert-OH is 5. The Bertz CT molecular complexity index is 2340. The number of phenols is 2. The zero-order valence-corrected chi connectivity index (χ0v) is 32.8. The first-order chi connectivity index (χ1) is 29.3. The number of aliphatic carboxylic acids is 1. The van der Waals surface area contributed by atoms with Crippen molar-refractivity contribution in [2.45, 2.75) is 99.6 Å². The molecule has 21 heteroatoms. The molecule has 20 nitrogen and oxygen atoms in total. The number of Topliss-reactive ketones (excluding diaryl/α,β-unsaturated/α-hetero) is 1. The van der Waals surface area contributed by atoms with Gasteiger partial charge in [-0.2, -0.15) is 0 Å². The number of carbonyl (C=O) groups excluding carboxylic acids is 4. The van der Waals surface area contributed by atoms with Crippen LogP contribution in [0.1, 0.15) is 86.1 Å². The summed E-state index contributed by atoms with van der Waals surface area (Å²) in [6, 6.07) is 5.87. The minimum atomic E-state index is -2.45. The van der Waals surface area contributed by atoms with Crippen molar-refractivity contribution in [2.24, 2.45) is 0 Å². The van der Waals surface area contributed by atoms with E-state index in [0.717, 1.165) is 18.2 Å². The first-order valence-electron chi connectivity index (χ1n) is 19.2. The van der Waals surface area contributed by atoms with Gasteiger partial charge >= 0.3 is 12.1 Å². The number of nitrogens with one attached hydrogen (secondary N) is 1. The molecule has 0 saturated carbocycles. The van der Waals surface area contributed by atoms with Crippen LogP contribution in [-0.2, 0) is 41.6 Å². The monoisotopic (exact) mass is 871 g/mol. The van der Waals surface area contributed by atoms with Crippen LogP contribution in [0.15, 0.2) is 36.4 Å². The van der Waals surface area contributed by atoms with Crippen molar-refractivity contribution in [3.05, 3.63) is 86.7 Å². The average molecular weight is 872 g/mol. The van der Waals surface area contributed by atoms with Gasteiger partial charge in [0.05, 0.1) is 42.0 Å². The van der Waals surface area contributed by atoms with Gasteiger partial charge in [-0.25, -0.2) is 14.0 Å². The molecule has 3 aromatic rings. The number of rotatable bonds is 10. The van der Waals surface area contributed by atoms with Crippen molar-refractivity contribution < 1.29 is 98.0 Å². The highest BCUT2D eigenvalue weighted by molar-refractivity contribution is 6.31. The number of aliphatic hydroxyl groups is 6. The van der Waals surface area contributed by atoms with Crippen LogP contribution >= 0.6 is 0 Å². The molecule has 3 aromatic carbocycles. The molecule has 4 aliphatic rings. The second-order valence-corrected chi connectivity index (χ2v) is 15.5. The highest BCUT2D eigenvalue weighted by Gasteiger charge is 2.51. The van der Waals surface area contributed by atoms with Crippen molar-refractivity contribution in [3.8, 4) is 17.2 Å². The second kappa shape index (κ2) is 16.9. The van der Waals surface area contributed by atoms with Crippen molar-refractivity contribution in [3.63, 3.8) is 0 Å². The molecule has 0 unspecified atom stereocenters. The largest absolute Gasteiger partial charge is 0.507 e. The molecule has 0 aromatic heterocycles. The first kappa shape index (κ1) is 44.4. The van der Waals surface area contributed by atoms with E-state index in [2.05, 4.69) is 5.32 Å². The molecule has 10 N–H and O–H groups in total. The SMILES string of the molecule is COc1cccc2c1C(=O)c1c(O)c3c(c(O)c1C2=O)C[C@@](O)(C(=O)CO)C[C@@H]3O[C@H]1C[C@H](NC(=O)OCc2cc(F)ccc2[C@@H]2O[C@H](C(=O)O)[C@@H](O)[C@H](O)[C@H]2O)[C@H](O)[C@H](C)O1. The van der Waals surface area contributed by atoms with Gasteiger partial charge in [0, 0.05) is 36.0 Å². The fourth-order valence-electron chi connectivity index (χ4n) is 8.51. The topological polar surface area (TPSA) is 326 Å². The van der Waals surface area contributed by atoms with Crippen LogP contribution in [0.3, 0.4) is 0 Å². The number of amides is 1. The van der Waals surface area contributed by atoms with Crippen LogP contribution in [0.2, 0.25) is 0 Å². The number of ether oxygens (including phenoxy) is 5. The van der Waals surface area contributed by atoms with E-state index in [4.69, 9.17) is 23.7 Å². The maximum absolute atomic E-state index is 14.4. The number of phenolic OH excluding ortho intramolecular Hbond substituents is 2. The van der Waals surface area contributed by atoms with E-state index >= 15 is 0 Å². The van der Waals surface area contributed by atoms with Crippen molar-refractivity contribution >= 4 is 29.4 Å². The Morgan fingerprint density at radius 2 is 1.65 bits per heavy atom. The molecule has 2 aliphatic carbocycles. The van der Waals surface area contributed by atoms with Gasteiger partial charge in [-0.15, -0.1) is 0 Å². The number of hydrogen-bond donors (Lipinski definition) is 10. The number of ketones is 3. The molecule has 62 heavy (non-hydrogen) atoms. The van der Waals surface area contributed by atoms with E-state index in [1.54, 1.807) is 0 Å². The molecule has 1 amide bonds. The van der Waals surface area contributed by atoms with Crippen molar-refractivity contribution in [1.82, 2.24) is 5.32 Å².